The molecule has 2 N–H and O–H groups in total. The number of anilines is 2. The molecule has 6 nitrogen and oxygen atoms in total. The Morgan fingerprint density at radius 3 is 2.38 bits per heavy atom. The molecule has 2 amide bonds. The molecule has 0 atom stereocenters. The van der Waals surface area contributed by atoms with Crippen molar-refractivity contribution in [3.05, 3.63) is 18.2 Å². The minimum Gasteiger partial charge on any atom is -0.495 e. The first kappa shape index (κ1) is 17.7. The average Bonchev–Trinajstić information content (AvgIpc) is 3.05. The summed E-state index contributed by atoms with van der Waals surface area (Å²) in [6.45, 7) is 0. The minimum atomic E-state index is -1.07. The zero-order chi connectivity index (χ0) is 17.9. The quantitative estimate of drug-likeness (QED) is 0.831. The maximum atomic E-state index is 12.5. The van der Waals surface area contributed by atoms with Crippen LogP contribution in [0.1, 0.15) is 25.7 Å². The van der Waals surface area contributed by atoms with Crippen LogP contribution in [0.4, 0.5) is 11.4 Å². The highest BCUT2D eigenvalue weighted by Gasteiger charge is 2.47. The van der Waals surface area contributed by atoms with Gasteiger partial charge in [0.1, 0.15) is 11.3 Å². The molecule has 0 spiro atoms. The zero-order valence-electron chi connectivity index (χ0n) is 14.3. The Morgan fingerprint density at radius 1 is 1.29 bits per heavy atom. The second kappa shape index (κ2) is 6.83. The van der Waals surface area contributed by atoms with E-state index in [0.29, 0.717) is 24.3 Å². The number of hydrogen-bond donors (Lipinski definition) is 1. The van der Waals surface area contributed by atoms with E-state index in [1.807, 2.05) is 19.0 Å². The van der Waals surface area contributed by atoms with Crippen LogP contribution in [0.15, 0.2) is 18.2 Å². The van der Waals surface area contributed by atoms with Crippen molar-refractivity contribution in [3.8, 4) is 18.1 Å². The number of hydrogen-bond acceptors (Lipinski definition) is 4. The number of carbonyl (C=O) groups is 2. The van der Waals surface area contributed by atoms with Crippen molar-refractivity contribution >= 4 is 23.2 Å². The Hall–Kier alpha value is -2.68. The molecule has 0 bridgehead atoms. The molecular formula is C18H23N3O3. The molecule has 2 rings (SSSR count). The minimum absolute atomic E-state index is 0.513. The lowest BCUT2D eigenvalue weighted by atomic mass is 9.92. The molecule has 1 aliphatic rings. The molecule has 0 heterocycles. The highest BCUT2D eigenvalue weighted by molar-refractivity contribution is 6.11. The highest BCUT2D eigenvalue weighted by atomic mass is 16.5. The smallest absolute Gasteiger partial charge is 0.303 e. The molecule has 1 aromatic carbocycles. The summed E-state index contributed by atoms with van der Waals surface area (Å²) in [7, 11) is 5.32. The fourth-order valence-corrected chi connectivity index (χ4v) is 3.33. The van der Waals surface area contributed by atoms with Crippen LogP contribution in [0.5, 0.6) is 5.75 Å². The third kappa shape index (κ3) is 2.90. The number of ether oxygens (including phenoxy) is 1. The van der Waals surface area contributed by atoms with Crippen molar-refractivity contribution in [1.29, 1.82) is 0 Å². The molecule has 0 aromatic heterocycles. The summed E-state index contributed by atoms with van der Waals surface area (Å²) in [5, 5.41) is 0. The van der Waals surface area contributed by atoms with Crippen molar-refractivity contribution in [2.24, 2.45) is 5.73 Å². The van der Waals surface area contributed by atoms with E-state index in [4.69, 9.17) is 16.9 Å². The van der Waals surface area contributed by atoms with Crippen molar-refractivity contribution in [1.82, 2.24) is 0 Å². The molecule has 1 aliphatic carbocycles. The molecule has 0 radical (unpaired) electrons. The van der Waals surface area contributed by atoms with Crippen LogP contribution in [-0.2, 0) is 9.59 Å². The fraction of sp³-hybridized carbons (Fsp3) is 0.444. The lowest BCUT2D eigenvalue weighted by Crippen LogP contribution is -2.58. The molecule has 0 unspecified atom stereocenters. The van der Waals surface area contributed by atoms with Crippen molar-refractivity contribution in [3.63, 3.8) is 0 Å². The van der Waals surface area contributed by atoms with Crippen LogP contribution in [0.2, 0.25) is 0 Å². The second-order valence-electron chi connectivity index (χ2n) is 6.14. The number of terminal acetylenes is 1. The molecule has 1 aromatic rings. The van der Waals surface area contributed by atoms with Gasteiger partial charge in [0.2, 0.25) is 5.91 Å². The van der Waals surface area contributed by atoms with E-state index in [1.165, 1.54) is 4.90 Å². The first-order valence-corrected chi connectivity index (χ1v) is 7.83. The Morgan fingerprint density at radius 2 is 1.92 bits per heavy atom. The molecule has 24 heavy (non-hydrogen) atoms. The predicted molar refractivity (Wildman–Crippen MR) is 94.0 cm³/mol. The van der Waals surface area contributed by atoms with Gasteiger partial charge in [-0.05, 0) is 37.0 Å². The number of primary amides is 1. The first-order valence-electron chi connectivity index (χ1n) is 7.83. The van der Waals surface area contributed by atoms with Crippen LogP contribution in [0.3, 0.4) is 0 Å². The number of carbonyl (C=O) groups excluding carboxylic acids is 2. The van der Waals surface area contributed by atoms with Crippen LogP contribution in [-0.4, -0.2) is 38.6 Å². The third-order valence-electron chi connectivity index (χ3n) is 4.55. The van der Waals surface area contributed by atoms with E-state index in [2.05, 4.69) is 5.92 Å². The van der Waals surface area contributed by atoms with E-state index in [-0.39, 0.29) is 0 Å². The summed E-state index contributed by atoms with van der Waals surface area (Å²) in [6, 6.07) is 5.27. The fourth-order valence-electron chi connectivity index (χ4n) is 3.33. The summed E-state index contributed by atoms with van der Waals surface area (Å²) < 4.78 is 5.35. The maximum absolute atomic E-state index is 12.5. The predicted octanol–water partition coefficient (Wildman–Crippen LogP) is 1.53. The van der Waals surface area contributed by atoms with E-state index in [0.717, 1.165) is 18.5 Å². The van der Waals surface area contributed by atoms with E-state index >= 15 is 0 Å². The monoisotopic (exact) mass is 329 g/mol. The molecule has 1 fully saturated rings. The summed E-state index contributed by atoms with van der Waals surface area (Å²) >= 11 is 0. The molecule has 0 saturated heterocycles. The summed E-state index contributed by atoms with van der Waals surface area (Å²) in [4.78, 5) is 28.0. The SMILES string of the molecule is C#CC(=O)N(c1ccc(OC)c(N(C)C)c1)C1(C(N)=O)CCCC1. The normalized spacial score (nSPS) is 15.4. The van der Waals surface area contributed by atoms with Crippen LogP contribution in [0, 0.1) is 12.3 Å². The van der Waals surface area contributed by atoms with Crippen molar-refractivity contribution in [2.75, 3.05) is 31.0 Å². The zero-order valence-corrected chi connectivity index (χ0v) is 14.3. The van der Waals surface area contributed by atoms with Gasteiger partial charge >= 0.3 is 5.91 Å². The van der Waals surface area contributed by atoms with Gasteiger partial charge in [0.25, 0.3) is 0 Å². The molecule has 6 heteroatoms. The molecule has 128 valence electrons. The van der Waals surface area contributed by atoms with Gasteiger partial charge in [-0.3, -0.25) is 14.5 Å². The first-order chi connectivity index (χ1) is 11.4. The van der Waals surface area contributed by atoms with E-state index in [1.54, 1.807) is 25.3 Å². The van der Waals surface area contributed by atoms with Gasteiger partial charge in [-0.2, -0.15) is 0 Å². The summed E-state index contributed by atoms with van der Waals surface area (Å²) in [5.41, 5.74) is 5.94. The Bertz CT molecular complexity index is 685. The Balaban J connectivity index is 2.62. The number of amides is 2. The van der Waals surface area contributed by atoms with Gasteiger partial charge in [-0.1, -0.05) is 12.8 Å². The van der Waals surface area contributed by atoms with E-state index in [9.17, 15) is 9.59 Å². The van der Waals surface area contributed by atoms with Gasteiger partial charge in [-0.15, -0.1) is 6.42 Å². The summed E-state index contributed by atoms with van der Waals surface area (Å²) in [5.74, 6) is 1.71. The number of benzene rings is 1. The largest absolute Gasteiger partial charge is 0.495 e. The Kier molecular flexibility index (Phi) is 5.03. The van der Waals surface area contributed by atoms with Gasteiger partial charge in [0, 0.05) is 19.8 Å². The van der Waals surface area contributed by atoms with Crippen LogP contribution >= 0.6 is 0 Å². The average molecular weight is 329 g/mol. The lowest BCUT2D eigenvalue weighted by molar-refractivity contribution is -0.126. The van der Waals surface area contributed by atoms with E-state index < -0.39 is 17.4 Å². The van der Waals surface area contributed by atoms with Gasteiger partial charge < -0.3 is 15.4 Å². The molecule has 0 aliphatic heterocycles. The highest BCUT2D eigenvalue weighted by Crippen LogP contribution is 2.40. The number of nitrogens with two attached hydrogens (primary N) is 1. The molecular weight excluding hydrogens is 306 g/mol. The standard InChI is InChI=1S/C18H23N3O3/c1-5-16(22)21(18(17(19)23)10-6-7-11-18)13-8-9-15(24-4)14(12-13)20(2)3/h1,8-9,12H,6-7,10-11H2,2-4H3,(H2,19,23). The van der Waals surface area contributed by atoms with Gasteiger partial charge in [0.05, 0.1) is 12.8 Å². The third-order valence-corrected chi connectivity index (χ3v) is 4.55. The number of rotatable bonds is 5. The van der Waals surface area contributed by atoms with Gasteiger partial charge in [0.15, 0.2) is 0 Å². The Labute approximate surface area is 142 Å². The molecule has 1 saturated carbocycles. The number of nitrogens with zero attached hydrogens (tertiary/aromatic N) is 2. The summed E-state index contributed by atoms with van der Waals surface area (Å²) in [6.07, 6.45) is 8.04. The number of methoxy groups -OCH3 is 1. The van der Waals surface area contributed by atoms with Crippen molar-refractivity contribution in [2.45, 2.75) is 31.2 Å². The second-order valence-corrected chi connectivity index (χ2v) is 6.14. The topological polar surface area (TPSA) is 75.9 Å². The lowest BCUT2D eigenvalue weighted by Gasteiger charge is -2.38. The van der Waals surface area contributed by atoms with Crippen molar-refractivity contribution < 1.29 is 14.3 Å². The maximum Gasteiger partial charge on any atom is 0.303 e. The van der Waals surface area contributed by atoms with Crippen LogP contribution < -0.4 is 20.3 Å². The van der Waals surface area contributed by atoms with Gasteiger partial charge in [-0.25, -0.2) is 0 Å². The van der Waals surface area contributed by atoms with Crippen LogP contribution in [0.25, 0.3) is 0 Å².